The van der Waals surface area contributed by atoms with Crippen molar-refractivity contribution in [2.45, 2.75) is 238 Å². The van der Waals surface area contributed by atoms with Crippen molar-refractivity contribution >= 4 is 49.0 Å². The smallest absolute Gasteiger partial charge is 0.465 e. The van der Waals surface area contributed by atoms with E-state index in [1.54, 1.807) is 21.3 Å². The van der Waals surface area contributed by atoms with E-state index in [1.165, 1.54) is 141 Å². The Hall–Kier alpha value is 0.274. The molecule has 1 rings (SSSR count). The van der Waals surface area contributed by atoms with E-state index in [0.29, 0.717) is 18.5 Å². The minimum absolute atomic E-state index is 0.227. The molecule has 1 fully saturated rings. The number of ether oxygens (including phenoxy) is 1. The van der Waals surface area contributed by atoms with Gasteiger partial charge in [0.05, 0.1) is 12.5 Å². The molecule has 0 aromatic rings. The topological polar surface area (TPSA) is 90.9 Å². The van der Waals surface area contributed by atoms with Crippen molar-refractivity contribution in [3.8, 4) is 0 Å². The minimum Gasteiger partial charge on any atom is -0.465 e. The second-order valence-electron chi connectivity index (χ2n) is 18.2. The summed E-state index contributed by atoms with van der Waals surface area (Å²) in [6.45, 7) is 17.8. The second-order valence-corrected chi connectivity index (χ2v) is 35.5. The number of hydrogen-bond donors (Lipinski definition) is 0. The standard InChI is InChI=1S/C43H94O9Si5/c1-12-14-16-18-20-22-24-26-28-30-32-34-38-54(9)49-53(7,8)50-56(11,41-42(3)43(44)48-37-36-40-57(45-4,46-5)47-6)52-55(10,51-54)39-35-33-31-29-27-25-23-21-19-17-15-13-2/h42H,12-41H2,1-11H3. The molecule has 4 atom stereocenters. The minimum atomic E-state index is -2.90. The fourth-order valence-corrected chi connectivity index (χ4v) is 33.5. The van der Waals surface area contributed by atoms with Gasteiger partial charge in [0.15, 0.2) is 0 Å². The molecular weight excluding hydrogens is 801 g/mol. The average molecular weight is 896 g/mol. The number of esters is 1. The molecule has 0 bridgehead atoms. The van der Waals surface area contributed by atoms with Crippen LogP contribution in [-0.2, 0) is 39.3 Å². The molecule has 1 aliphatic rings. The summed E-state index contributed by atoms with van der Waals surface area (Å²) in [4.78, 5) is 13.3. The predicted molar refractivity (Wildman–Crippen MR) is 250 cm³/mol. The van der Waals surface area contributed by atoms with Gasteiger partial charge >= 0.3 is 49.0 Å². The Bertz CT molecular complexity index is 1000. The third-order valence-electron chi connectivity index (χ3n) is 11.6. The van der Waals surface area contributed by atoms with Gasteiger partial charge in [0.1, 0.15) is 0 Å². The first kappa shape index (κ1) is 55.3. The lowest BCUT2D eigenvalue weighted by Crippen LogP contribution is -2.66. The van der Waals surface area contributed by atoms with Gasteiger partial charge in [-0.3, -0.25) is 4.79 Å². The number of unbranched alkanes of at least 4 members (excludes halogenated alkanes) is 22. The highest BCUT2D eigenvalue weighted by atomic mass is 28.5. The molecule has 4 unspecified atom stereocenters. The van der Waals surface area contributed by atoms with Crippen molar-refractivity contribution in [3.63, 3.8) is 0 Å². The highest BCUT2D eigenvalue weighted by molar-refractivity contribution is 6.93. The molecule has 0 saturated carbocycles. The monoisotopic (exact) mass is 895 g/mol. The molecular formula is C43H94O9Si5. The molecule has 0 aromatic carbocycles. The van der Waals surface area contributed by atoms with Gasteiger partial charge in [-0.2, -0.15) is 0 Å². The normalized spacial score (nSPS) is 23.3. The van der Waals surface area contributed by atoms with Crippen LogP contribution < -0.4 is 0 Å². The average Bonchev–Trinajstić information content (AvgIpc) is 3.14. The molecule has 1 heterocycles. The fourth-order valence-electron chi connectivity index (χ4n) is 8.70. The van der Waals surface area contributed by atoms with E-state index in [2.05, 4.69) is 46.6 Å². The van der Waals surface area contributed by atoms with Gasteiger partial charge in [-0.1, -0.05) is 175 Å². The van der Waals surface area contributed by atoms with Crippen molar-refractivity contribution in [2.24, 2.45) is 5.92 Å². The van der Waals surface area contributed by atoms with Gasteiger partial charge in [-0.15, -0.1) is 0 Å². The molecule has 0 radical (unpaired) electrons. The molecule has 0 amide bonds. The highest BCUT2D eigenvalue weighted by Crippen LogP contribution is 2.38. The third-order valence-corrected chi connectivity index (χ3v) is 32.6. The summed E-state index contributed by atoms with van der Waals surface area (Å²) in [5.41, 5.74) is 0. The second kappa shape index (κ2) is 31.2. The van der Waals surface area contributed by atoms with E-state index in [0.717, 1.165) is 24.9 Å². The zero-order chi connectivity index (χ0) is 42.5. The predicted octanol–water partition coefficient (Wildman–Crippen LogP) is 13.8. The maximum atomic E-state index is 13.3. The highest BCUT2D eigenvalue weighted by Gasteiger charge is 2.55. The molecule has 57 heavy (non-hydrogen) atoms. The summed E-state index contributed by atoms with van der Waals surface area (Å²) in [7, 11) is -8.75. The first-order chi connectivity index (χ1) is 27.1. The van der Waals surface area contributed by atoms with Crippen molar-refractivity contribution < 1.29 is 39.3 Å². The van der Waals surface area contributed by atoms with Gasteiger partial charge in [0.25, 0.3) is 0 Å². The molecule has 1 aliphatic heterocycles. The Labute approximate surface area is 358 Å². The van der Waals surface area contributed by atoms with E-state index < -0.39 is 43.0 Å². The van der Waals surface area contributed by atoms with Crippen molar-refractivity contribution in [1.29, 1.82) is 0 Å². The Balaban J connectivity index is 2.86. The maximum absolute atomic E-state index is 13.3. The van der Waals surface area contributed by atoms with Crippen LogP contribution in [0.15, 0.2) is 0 Å². The molecule has 0 spiro atoms. The SMILES string of the molecule is CCCCCCCCCCCCCC[Si]1(C)O[Si](C)(C)O[Si](C)(CC(C)C(=O)OCCC[Si](OC)(OC)OC)O[Si](C)(CCCCCCCCCCCCCC)O1. The Kier molecular flexibility index (Phi) is 30.2. The summed E-state index contributed by atoms with van der Waals surface area (Å²) in [6, 6.07) is 3.01. The maximum Gasteiger partial charge on any atom is 0.500 e. The van der Waals surface area contributed by atoms with Gasteiger partial charge in [0.2, 0.25) is 0 Å². The molecule has 14 heteroatoms. The summed E-state index contributed by atoms with van der Waals surface area (Å²) >= 11 is 0. The van der Waals surface area contributed by atoms with Crippen LogP contribution >= 0.6 is 0 Å². The van der Waals surface area contributed by atoms with Gasteiger partial charge < -0.3 is 34.5 Å². The summed E-state index contributed by atoms with van der Waals surface area (Å²) in [5, 5.41) is 0. The summed E-state index contributed by atoms with van der Waals surface area (Å²) in [5.74, 6) is -0.593. The zero-order valence-electron chi connectivity index (χ0n) is 39.5. The summed E-state index contributed by atoms with van der Waals surface area (Å²) in [6.07, 6.45) is 32.4. The van der Waals surface area contributed by atoms with Gasteiger partial charge in [0, 0.05) is 33.4 Å². The lowest BCUT2D eigenvalue weighted by atomic mass is 10.1. The van der Waals surface area contributed by atoms with Crippen LogP contribution in [0.3, 0.4) is 0 Å². The Morgan fingerprint density at radius 3 is 1.21 bits per heavy atom. The van der Waals surface area contributed by atoms with Crippen LogP contribution in [0.4, 0.5) is 0 Å². The largest absolute Gasteiger partial charge is 0.500 e. The van der Waals surface area contributed by atoms with Crippen LogP contribution in [-0.4, -0.2) is 77.0 Å². The summed E-state index contributed by atoms with van der Waals surface area (Å²) < 4.78 is 51.2. The van der Waals surface area contributed by atoms with Crippen molar-refractivity contribution in [2.75, 3.05) is 27.9 Å². The molecule has 0 N–H and O–H groups in total. The lowest BCUT2D eigenvalue weighted by molar-refractivity contribution is -0.147. The van der Waals surface area contributed by atoms with Crippen LogP contribution in [0.25, 0.3) is 0 Å². The number of rotatable bonds is 36. The van der Waals surface area contributed by atoms with E-state index >= 15 is 0 Å². The lowest BCUT2D eigenvalue weighted by Gasteiger charge is -2.50. The molecule has 9 nitrogen and oxygen atoms in total. The molecule has 340 valence electrons. The fraction of sp³-hybridized carbons (Fsp3) is 0.977. The zero-order valence-corrected chi connectivity index (χ0v) is 44.5. The van der Waals surface area contributed by atoms with E-state index in [9.17, 15) is 4.79 Å². The third kappa shape index (κ3) is 25.7. The van der Waals surface area contributed by atoms with Crippen LogP contribution in [0.1, 0.15) is 181 Å². The Morgan fingerprint density at radius 1 is 0.491 bits per heavy atom. The first-order valence-corrected chi connectivity index (χ1v) is 36.1. The van der Waals surface area contributed by atoms with Crippen molar-refractivity contribution in [1.82, 2.24) is 0 Å². The Morgan fingerprint density at radius 2 is 0.825 bits per heavy atom. The number of carbonyl (C=O) groups excluding carboxylic acids is 1. The van der Waals surface area contributed by atoms with E-state index in [1.807, 2.05) is 6.92 Å². The van der Waals surface area contributed by atoms with E-state index in [4.69, 9.17) is 34.5 Å². The number of carbonyl (C=O) groups is 1. The van der Waals surface area contributed by atoms with Gasteiger partial charge in [-0.25, -0.2) is 0 Å². The molecule has 0 aromatic heterocycles. The number of hydrogen-bond acceptors (Lipinski definition) is 9. The van der Waals surface area contributed by atoms with Crippen LogP contribution in [0.5, 0.6) is 0 Å². The first-order valence-electron chi connectivity index (χ1n) is 23.8. The quantitative estimate of drug-likeness (QED) is 0.0346. The van der Waals surface area contributed by atoms with E-state index in [-0.39, 0.29) is 18.5 Å². The molecule has 1 saturated heterocycles. The van der Waals surface area contributed by atoms with Crippen LogP contribution in [0, 0.1) is 5.92 Å². The van der Waals surface area contributed by atoms with Crippen LogP contribution in [0.2, 0.25) is 56.9 Å². The molecule has 0 aliphatic carbocycles. The van der Waals surface area contributed by atoms with Gasteiger partial charge in [-0.05, 0) is 51.2 Å². The van der Waals surface area contributed by atoms with Crippen molar-refractivity contribution in [3.05, 3.63) is 0 Å².